The average Bonchev–Trinajstić information content (AvgIpc) is 3.04. The van der Waals surface area contributed by atoms with E-state index in [0.717, 1.165) is 17.4 Å². The fourth-order valence-electron chi connectivity index (χ4n) is 2.51. The van der Waals surface area contributed by atoms with Gasteiger partial charge in [0.1, 0.15) is 6.54 Å². The molecule has 1 unspecified atom stereocenters. The lowest BCUT2D eigenvalue weighted by Crippen LogP contribution is -2.40. The van der Waals surface area contributed by atoms with Crippen LogP contribution in [0, 0.1) is 0 Å². The summed E-state index contributed by atoms with van der Waals surface area (Å²) in [6, 6.07) is 0.943. The fourth-order valence-corrected chi connectivity index (χ4v) is 3.31. The van der Waals surface area contributed by atoms with Crippen LogP contribution in [0.25, 0.3) is 0 Å². The first-order valence-electron chi connectivity index (χ1n) is 7.38. The van der Waals surface area contributed by atoms with Gasteiger partial charge in [0, 0.05) is 38.8 Å². The minimum Gasteiger partial charge on any atom is -0.335 e. The van der Waals surface area contributed by atoms with Crippen LogP contribution in [0.1, 0.15) is 12.8 Å². The monoisotopic (exact) mass is 357 g/mol. The van der Waals surface area contributed by atoms with Gasteiger partial charge in [0.2, 0.25) is 5.91 Å². The Hall–Kier alpha value is -1.96. The van der Waals surface area contributed by atoms with Crippen molar-refractivity contribution in [2.75, 3.05) is 20.8 Å². The molecule has 0 spiro atoms. The van der Waals surface area contributed by atoms with Crippen LogP contribution in [0.4, 0.5) is 0 Å². The molecule has 1 aromatic heterocycles. The number of H-pyrrole nitrogens is 1. The van der Waals surface area contributed by atoms with Crippen LogP contribution in [0.15, 0.2) is 33.7 Å². The molecule has 1 saturated heterocycles. The lowest BCUT2D eigenvalue weighted by Gasteiger charge is -2.23. The molecule has 132 valence electrons. The Morgan fingerprint density at radius 3 is 2.75 bits per heavy atom. The number of hydrogen-bond acceptors (Lipinski definition) is 6. The van der Waals surface area contributed by atoms with Gasteiger partial charge in [-0.1, -0.05) is 6.08 Å². The van der Waals surface area contributed by atoms with Crippen molar-refractivity contribution in [2.24, 2.45) is 0 Å². The molecular formula is C14H20N3O6P. The van der Waals surface area contributed by atoms with Crippen molar-refractivity contribution in [2.45, 2.75) is 25.4 Å². The number of aromatic nitrogens is 2. The quantitative estimate of drug-likeness (QED) is 0.744. The standard InChI is InChI=1S/C14H20N3O6P/c1-22-24(21,23-2)9-6-11-4-3-7-17(11)13(19)10-16-8-5-12(18)15-14(16)20/h5-6,8-9,11H,3-4,7,10H2,1-2H3,(H,15,18,20)/b9-6+. The Kier molecular flexibility index (Phi) is 5.93. The van der Waals surface area contributed by atoms with Gasteiger partial charge >= 0.3 is 13.3 Å². The number of likely N-dealkylation sites (tertiary alicyclic amines) is 1. The largest absolute Gasteiger partial charge is 0.353 e. The third-order valence-electron chi connectivity index (χ3n) is 3.82. The minimum atomic E-state index is -3.28. The molecule has 1 N–H and O–H groups in total. The third-order valence-corrected chi connectivity index (χ3v) is 5.38. The van der Waals surface area contributed by atoms with Crippen LogP contribution in [-0.4, -0.2) is 47.2 Å². The second-order valence-corrected chi connectivity index (χ2v) is 7.39. The second-order valence-electron chi connectivity index (χ2n) is 5.28. The average molecular weight is 357 g/mol. The SMILES string of the molecule is COP(=O)(/C=C/C1CCCN1C(=O)Cn1ccc(=O)[nH]c1=O)OC. The number of rotatable bonds is 6. The summed E-state index contributed by atoms with van der Waals surface area (Å²) in [5, 5.41) is 0. The smallest absolute Gasteiger partial charge is 0.335 e. The zero-order valence-electron chi connectivity index (χ0n) is 13.5. The summed E-state index contributed by atoms with van der Waals surface area (Å²) in [5.74, 6) is 1.08. The van der Waals surface area contributed by atoms with Gasteiger partial charge in [0.05, 0.1) is 6.04 Å². The van der Waals surface area contributed by atoms with Gasteiger partial charge in [-0.25, -0.2) is 4.79 Å². The Morgan fingerprint density at radius 2 is 2.12 bits per heavy atom. The summed E-state index contributed by atoms with van der Waals surface area (Å²) in [7, 11) is -0.711. The van der Waals surface area contributed by atoms with Crippen LogP contribution in [0.2, 0.25) is 0 Å². The van der Waals surface area contributed by atoms with Crippen molar-refractivity contribution in [3.05, 3.63) is 45.0 Å². The number of carbonyl (C=O) groups is 1. The van der Waals surface area contributed by atoms with E-state index in [1.807, 2.05) is 0 Å². The number of nitrogens with one attached hydrogen (secondary N) is 1. The van der Waals surface area contributed by atoms with E-state index in [-0.39, 0.29) is 18.5 Å². The highest BCUT2D eigenvalue weighted by Gasteiger charge is 2.28. The van der Waals surface area contributed by atoms with Crippen LogP contribution >= 0.6 is 7.60 Å². The number of carbonyl (C=O) groups excluding carboxylic acids is 1. The molecule has 1 fully saturated rings. The molecule has 0 saturated carbocycles. The molecule has 2 heterocycles. The fraction of sp³-hybridized carbons (Fsp3) is 0.500. The molecule has 0 radical (unpaired) electrons. The first-order chi connectivity index (χ1) is 11.4. The van der Waals surface area contributed by atoms with Gasteiger partial charge < -0.3 is 13.9 Å². The molecule has 9 nitrogen and oxygen atoms in total. The normalized spacial score (nSPS) is 18.4. The molecule has 10 heteroatoms. The van der Waals surface area contributed by atoms with E-state index in [2.05, 4.69) is 4.98 Å². The molecule has 1 amide bonds. The minimum absolute atomic E-state index is 0.174. The van der Waals surface area contributed by atoms with E-state index in [4.69, 9.17) is 9.05 Å². The molecule has 0 aliphatic carbocycles. The van der Waals surface area contributed by atoms with Crippen molar-refractivity contribution in [3.8, 4) is 0 Å². The number of aromatic amines is 1. The van der Waals surface area contributed by atoms with Gasteiger partial charge in [-0.15, -0.1) is 0 Å². The number of nitrogens with zero attached hydrogens (tertiary/aromatic N) is 2. The Labute approximate surface area is 138 Å². The lowest BCUT2D eigenvalue weighted by atomic mass is 10.2. The van der Waals surface area contributed by atoms with Crippen LogP contribution in [-0.2, 0) is 25.0 Å². The highest BCUT2D eigenvalue weighted by molar-refractivity contribution is 7.57. The van der Waals surface area contributed by atoms with E-state index in [1.165, 1.54) is 32.3 Å². The second kappa shape index (κ2) is 7.74. The highest BCUT2D eigenvalue weighted by Crippen LogP contribution is 2.48. The molecule has 24 heavy (non-hydrogen) atoms. The molecule has 1 aromatic rings. The van der Waals surface area contributed by atoms with E-state index in [9.17, 15) is 18.9 Å². The maximum Gasteiger partial charge on any atom is 0.353 e. The first kappa shape index (κ1) is 18.4. The van der Waals surface area contributed by atoms with Crippen molar-refractivity contribution in [1.82, 2.24) is 14.5 Å². The van der Waals surface area contributed by atoms with E-state index < -0.39 is 18.8 Å². The van der Waals surface area contributed by atoms with Gasteiger partial charge in [-0.05, 0) is 12.8 Å². The van der Waals surface area contributed by atoms with Crippen LogP contribution in [0.3, 0.4) is 0 Å². The highest BCUT2D eigenvalue weighted by atomic mass is 31.2. The first-order valence-corrected chi connectivity index (χ1v) is 8.99. The summed E-state index contributed by atoms with van der Waals surface area (Å²) in [4.78, 5) is 38.8. The lowest BCUT2D eigenvalue weighted by molar-refractivity contribution is -0.132. The Morgan fingerprint density at radius 1 is 1.42 bits per heavy atom. The molecule has 1 aliphatic rings. The zero-order valence-corrected chi connectivity index (χ0v) is 14.4. The van der Waals surface area contributed by atoms with E-state index in [1.54, 1.807) is 11.0 Å². The molecular weight excluding hydrogens is 337 g/mol. The van der Waals surface area contributed by atoms with Crippen molar-refractivity contribution in [3.63, 3.8) is 0 Å². The topological polar surface area (TPSA) is 111 Å². The Bertz CT molecular complexity index is 775. The number of amides is 1. The van der Waals surface area contributed by atoms with Gasteiger partial charge in [0.25, 0.3) is 5.56 Å². The summed E-state index contributed by atoms with van der Waals surface area (Å²) < 4.78 is 22.8. The zero-order chi connectivity index (χ0) is 17.7. The summed E-state index contributed by atoms with van der Waals surface area (Å²) in [5.41, 5.74) is -1.15. The van der Waals surface area contributed by atoms with Crippen LogP contribution in [0.5, 0.6) is 0 Å². The maximum absolute atomic E-state index is 12.4. The predicted molar refractivity (Wildman–Crippen MR) is 86.8 cm³/mol. The summed E-state index contributed by atoms with van der Waals surface area (Å²) >= 11 is 0. The summed E-state index contributed by atoms with van der Waals surface area (Å²) in [6.45, 7) is 0.363. The van der Waals surface area contributed by atoms with E-state index >= 15 is 0 Å². The maximum atomic E-state index is 12.4. The molecule has 1 atom stereocenters. The molecule has 0 bridgehead atoms. The predicted octanol–water partition coefficient (Wildman–Crippen LogP) is 0.527. The van der Waals surface area contributed by atoms with Gasteiger partial charge in [-0.2, -0.15) is 0 Å². The van der Waals surface area contributed by atoms with Crippen molar-refractivity contribution >= 4 is 13.5 Å². The van der Waals surface area contributed by atoms with Gasteiger partial charge in [-0.3, -0.25) is 23.7 Å². The molecule has 2 rings (SSSR count). The molecule has 1 aliphatic heterocycles. The van der Waals surface area contributed by atoms with Crippen molar-refractivity contribution in [1.29, 1.82) is 0 Å². The third kappa shape index (κ3) is 4.31. The Balaban J connectivity index is 2.11. The summed E-state index contributed by atoms with van der Waals surface area (Å²) in [6.07, 6.45) is 4.43. The van der Waals surface area contributed by atoms with E-state index in [0.29, 0.717) is 6.54 Å². The van der Waals surface area contributed by atoms with Gasteiger partial charge in [0.15, 0.2) is 0 Å². The number of hydrogen-bond donors (Lipinski definition) is 1. The van der Waals surface area contributed by atoms with Crippen molar-refractivity contribution < 1.29 is 18.4 Å². The molecule has 0 aromatic carbocycles. The van der Waals surface area contributed by atoms with Crippen LogP contribution < -0.4 is 11.2 Å².